The highest BCUT2D eigenvalue weighted by Gasteiger charge is 2.20. The van der Waals surface area contributed by atoms with Crippen LogP contribution in [0.25, 0.3) is 5.69 Å². The Morgan fingerprint density at radius 1 is 0.912 bits per heavy atom. The van der Waals surface area contributed by atoms with Crippen LogP contribution in [0.15, 0.2) is 42.5 Å². The first kappa shape index (κ1) is 23.2. The van der Waals surface area contributed by atoms with Crippen LogP contribution in [0.4, 0.5) is 0 Å². The zero-order valence-electron chi connectivity index (χ0n) is 19.7. The van der Waals surface area contributed by atoms with Crippen molar-refractivity contribution in [1.29, 1.82) is 0 Å². The number of Topliss-reactive ketones (excluding diaryl/α,β-unsaturated/α-hetero) is 1. The highest BCUT2D eigenvalue weighted by Crippen LogP contribution is 2.33. The zero-order valence-corrected chi connectivity index (χ0v) is 19.7. The van der Waals surface area contributed by atoms with Crippen molar-refractivity contribution in [3.8, 4) is 28.7 Å². The molecule has 0 aliphatic carbocycles. The molecule has 4 rings (SSSR count). The molecule has 8 heteroatoms. The third-order valence-corrected chi connectivity index (χ3v) is 5.68. The number of esters is 1. The summed E-state index contributed by atoms with van der Waals surface area (Å²) < 4.78 is 29.0. The molecular weight excluding hydrogens is 438 g/mol. The average molecular weight is 466 g/mol. The summed E-state index contributed by atoms with van der Waals surface area (Å²) in [4.78, 5) is 25.2. The largest absolute Gasteiger partial charge is 0.493 e. The Balaban J connectivity index is 1.43. The van der Waals surface area contributed by atoms with Gasteiger partial charge in [0.25, 0.3) is 0 Å². The number of carbonyl (C=O) groups is 2. The normalized spacial score (nSPS) is 12.2. The number of nitrogens with zero attached hydrogens (tertiary/aromatic N) is 1. The van der Waals surface area contributed by atoms with Gasteiger partial charge in [0.15, 0.2) is 29.6 Å². The van der Waals surface area contributed by atoms with Gasteiger partial charge in [-0.1, -0.05) is 6.07 Å². The lowest BCUT2D eigenvalue weighted by molar-refractivity contribution is -0.141. The molecule has 1 aliphatic heterocycles. The third-order valence-electron chi connectivity index (χ3n) is 5.68. The molecule has 1 aliphatic rings. The van der Waals surface area contributed by atoms with Crippen molar-refractivity contribution in [2.45, 2.75) is 20.3 Å². The van der Waals surface area contributed by atoms with Gasteiger partial charge in [0.2, 0.25) is 5.78 Å². The van der Waals surface area contributed by atoms with Gasteiger partial charge in [0, 0.05) is 28.7 Å². The lowest BCUT2D eigenvalue weighted by Gasteiger charge is -2.20. The maximum absolute atomic E-state index is 12.9. The van der Waals surface area contributed by atoms with Crippen LogP contribution in [-0.4, -0.2) is 50.4 Å². The predicted molar refractivity (Wildman–Crippen MR) is 125 cm³/mol. The summed E-state index contributed by atoms with van der Waals surface area (Å²) in [6.07, 6.45) is 0.0177. The van der Waals surface area contributed by atoms with Crippen molar-refractivity contribution >= 4 is 11.8 Å². The first-order valence-corrected chi connectivity index (χ1v) is 10.9. The number of hydrogen-bond acceptors (Lipinski definition) is 7. The molecule has 3 aromatic rings. The van der Waals surface area contributed by atoms with Crippen LogP contribution < -0.4 is 18.9 Å². The molecule has 0 radical (unpaired) electrons. The van der Waals surface area contributed by atoms with E-state index in [9.17, 15) is 9.59 Å². The van der Waals surface area contributed by atoms with Crippen molar-refractivity contribution < 1.29 is 33.3 Å². The Hall–Kier alpha value is -3.94. The quantitative estimate of drug-likeness (QED) is 0.369. The number of hydrogen-bond donors (Lipinski definition) is 0. The molecule has 8 nitrogen and oxygen atoms in total. The molecule has 0 N–H and O–H groups in total. The van der Waals surface area contributed by atoms with Crippen LogP contribution in [0.5, 0.6) is 23.0 Å². The number of rotatable bonds is 8. The molecule has 0 saturated heterocycles. The van der Waals surface area contributed by atoms with Gasteiger partial charge in [0.1, 0.15) is 13.2 Å². The number of benzene rings is 2. The Morgan fingerprint density at radius 2 is 1.65 bits per heavy atom. The average Bonchev–Trinajstić information content (AvgIpc) is 3.15. The van der Waals surface area contributed by atoms with E-state index in [2.05, 4.69) is 0 Å². The summed E-state index contributed by atoms with van der Waals surface area (Å²) in [6, 6.07) is 12.7. The molecule has 0 unspecified atom stereocenters. The molecule has 0 atom stereocenters. The van der Waals surface area contributed by atoms with Gasteiger partial charge in [-0.15, -0.1) is 0 Å². The van der Waals surface area contributed by atoms with Gasteiger partial charge in [-0.25, -0.2) is 0 Å². The Labute approximate surface area is 197 Å². The van der Waals surface area contributed by atoms with Crippen LogP contribution in [0.3, 0.4) is 0 Å². The van der Waals surface area contributed by atoms with E-state index < -0.39 is 5.97 Å². The standard InChI is InChI=1S/C26H27NO7/c1-16-11-20(17(2)27(16)19-6-8-23-25(14-19)33-10-9-32-23)21(28)15-34-26(29)13-18-5-7-22(30-3)24(12-18)31-4/h5-8,11-12,14H,9-10,13,15H2,1-4H3. The van der Waals surface area contributed by atoms with E-state index in [-0.39, 0.29) is 18.8 Å². The number of ketones is 1. The minimum Gasteiger partial charge on any atom is -0.493 e. The molecule has 0 fully saturated rings. The maximum Gasteiger partial charge on any atom is 0.310 e. The molecule has 2 aromatic carbocycles. The van der Waals surface area contributed by atoms with Crippen molar-refractivity contribution in [3.05, 3.63) is 65.0 Å². The van der Waals surface area contributed by atoms with Crippen LogP contribution >= 0.6 is 0 Å². The molecule has 2 heterocycles. The highest BCUT2D eigenvalue weighted by atomic mass is 16.6. The smallest absolute Gasteiger partial charge is 0.310 e. The van der Waals surface area contributed by atoms with E-state index in [1.165, 1.54) is 7.11 Å². The first-order valence-electron chi connectivity index (χ1n) is 10.9. The van der Waals surface area contributed by atoms with E-state index in [1.807, 2.05) is 36.6 Å². The molecule has 0 spiro atoms. The van der Waals surface area contributed by atoms with Crippen molar-refractivity contribution in [1.82, 2.24) is 4.57 Å². The molecular formula is C26H27NO7. The summed E-state index contributed by atoms with van der Waals surface area (Å²) in [5.74, 6) is 1.71. The van der Waals surface area contributed by atoms with Gasteiger partial charge in [-0.05, 0) is 49.7 Å². The van der Waals surface area contributed by atoms with Crippen LogP contribution in [0.1, 0.15) is 27.3 Å². The summed E-state index contributed by atoms with van der Waals surface area (Å²) >= 11 is 0. The number of carbonyl (C=O) groups excluding carboxylic acids is 2. The van der Waals surface area contributed by atoms with E-state index in [1.54, 1.807) is 31.4 Å². The van der Waals surface area contributed by atoms with Crippen LogP contribution in [-0.2, 0) is 16.0 Å². The number of ether oxygens (including phenoxy) is 5. The lowest BCUT2D eigenvalue weighted by atomic mass is 10.1. The first-order chi connectivity index (χ1) is 16.4. The summed E-state index contributed by atoms with van der Waals surface area (Å²) in [7, 11) is 3.07. The number of aromatic nitrogens is 1. The van der Waals surface area contributed by atoms with Crippen molar-refractivity contribution in [2.75, 3.05) is 34.0 Å². The minimum atomic E-state index is -0.499. The Morgan fingerprint density at radius 3 is 2.38 bits per heavy atom. The monoisotopic (exact) mass is 465 g/mol. The fraction of sp³-hybridized carbons (Fsp3) is 0.308. The maximum atomic E-state index is 12.9. The number of methoxy groups -OCH3 is 2. The second kappa shape index (κ2) is 9.91. The van der Waals surface area contributed by atoms with Crippen LogP contribution in [0, 0.1) is 13.8 Å². The van der Waals surface area contributed by atoms with E-state index in [0.29, 0.717) is 47.3 Å². The summed E-state index contributed by atoms with van der Waals surface area (Å²) in [5, 5.41) is 0. The van der Waals surface area contributed by atoms with Gasteiger partial charge >= 0.3 is 5.97 Å². The fourth-order valence-electron chi connectivity index (χ4n) is 4.05. The summed E-state index contributed by atoms with van der Waals surface area (Å²) in [5.41, 5.74) is 3.71. The molecule has 0 saturated carbocycles. The Bertz CT molecular complexity index is 1230. The number of fused-ring (bicyclic) bond motifs is 1. The van der Waals surface area contributed by atoms with Gasteiger partial charge < -0.3 is 28.3 Å². The van der Waals surface area contributed by atoms with Crippen molar-refractivity contribution in [3.63, 3.8) is 0 Å². The molecule has 0 amide bonds. The van der Waals surface area contributed by atoms with Crippen molar-refractivity contribution in [2.24, 2.45) is 0 Å². The fourth-order valence-corrected chi connectivity index (χ4v) is 4.05. The topological polar surface area (TPSA) is 85.2 Å². The highest BCUT2D eigenvalue weighted by molar-refractivity contribution is 5.99. The van der Waals surface area contributed by atoms with E-state index >= 15 is 0 Å². The van der Waals surface area contributed by atoms with Crippen LogP contribution in [0.2, 0.25) is 0 Å². The molecule has 178 valence electrons. The molecule has 34 heavy (non-hydrogen) atoms. The number of aryl methyl sites for hydroxylation is 1. The Kier molecular flexibility index (Phi) is 6.77. The summed E-state index contributed by atoms with van der Waals surface area (Å²) in [6.45, 7) is 4.47. The lowest BCUT2D eigenvalue weighted by Crippen LogP contribution is -2.16. The SMILES string of the molecule is COc1ccc(CC(=O)OCC(=O)c2cc(C)n(-c3ccc4c(c3)OCCO4)c2C)cc1OC. The molecule has 1 aromatic heterocycles. The van der Waals surface area contributed by atoms with E-state index in [4.69, 9.17) is 23.7 Å². The van der Waals surface area contributed by atoms with E-state index in [0.717, 1.165) is 17.1 Å². The van der Waals surface area contributed by atoms with Gasteiger partial charge in [0.05, 0.1) is 20.6 Å². The minimum absolute atomic E-state index is 0.0177. The van der Waals surface area contributed by atoms with Gasteiger partial charge in [-0.2, -0.15) is 0 Å². The second-order valence-corrected chi connectivity index (χ2v) is 7.90. The third kappa shape index (κ3) is 4.71. The predicted octanol–water partition coefficient (Wildman–Crippen LogP) is 3.85. The molecule has 0 bridgehead atoms. The second-order valence-electron chi connectivity index (χ2n) is 7.90. The zero-order chi connectivity index (χ0) is 24.2. The van der Waals surface area contributed by atoms with Gasteiger partial charge in [-0.3, -0.25) is 9.59 Å².